The van der Waals surface area contributed by atoms with Crippen molar-refractivity contribution in [3.8, 4) is 5.75 Å². The number of thiophene rings is 1. The lowest BCUT2D eigenvalue weighted by atomic mass is 10.1. The maximum Gasteiger partial charge on any atom is 0.349 e. The molecule has 16 heavy (non-hydrogen) atoms. The molecule has 1 N–H and O–H groups in total. The summed E-state index contributed by atoms with van der Waals surface area (Å²) < 4.78 is 11.0. The van der Waals surface area contributed by atoms with Crippen molar-refractivity contribution in [2.75, 3.05) is 13.2 Å². The predicted octanol–water partition coefficient (Wildman–Crippen LogP) is 2.31. The maximum atomic E-state index is 11.0. The molecule has 1 aliphatic rings. The second-order valence-electron chi connectivity index (χ2n) is 3.81. The van der Waals surface area contributed by atoms with Gasteiger partial charge in [-0.1, -0.05) is 0 Å². The molecule has 1 fully saturated rings. The minimum Gasteiger partial charge on any atom is -0.488 e. The van der Waals surface area contributed by atoms with Crippen LogP contribution >= 0.6 is 11.3 Å². The highest BCUT2D eigenvalue weighted by molar-refractivity contribution is 7.12. The first-order valence-corrected chi connectivity index (χ1v) is 6.12. The van der Waals surface area contributed by atoms with Crippen LogP contribution in [0.15, 0.2) is 5.38 Å². The summed E-state index contributed by atoms with van der Waals surface area (Å²) in [6, 6.07) is 0. The molecule has 1 aromatic rings. The molecular formula is C11H14O4S. The predicted molar refractivity (Wildman–Crippen MR) is 60.5 cm³/mol. The number of carboxylic acids is 1. The molecule has 1 saturated heterocycles. The standard InChI is InChI=1S/C11H14O4S/c1-7-6-16-10(11(12)13)9(7)15-8-2-4-14-5-3-8/h6,8H,2-5H2,1H3,(H,12,13). The van der Waals surface area contributed by atoms with E-state index in [0.29, 0.717) is 23.8 Å². The summed E-state index contributed by atoms with van der Waals surface area (Å²) in [5.41, 5.74) is 0.897. The van der Waals surface area contributed by atoms with Gasteiger partial charge < -0.3 is 14.6 Å². The second-order valence-corrected chi connectivity index (χ2v) is 4.69. The van der Waals surface area contributed by atoms with Crippen LogP contribution in [0, 0.1) is 6.92 Å². The second kappa shape index (κ2) is 4.84. The van der Waals surface area contributed by atoms with Crippen LogP contribution in [-0.2, 0) is 4.74 Å². The molecule has 0 bridgehead atoms. The Balaban J connectivity index is 2.12. The number of carboxylic acid groups (broad SMARTS) is 1. The van der Waals surface area contributed by atoms with Crippen LogP contribution in [0.2, 0.25) is 0 Å². The van der Waals surface area contributed by atoms with E-state index >= 15 is 0 Å². The summed E-state index contributed by atoms with van der Waals surface area (Å²) >= 11 is 1.22. The van der Waals surface area contributed by atoms with Gasteiger partial charge in [0.2, 0.25) is 0 Å². The Bertz CT molecular complexity index is 379. The minimum atomic E-state index is -0.917. The highest BCUT2D eigenvalue weighted by atomic mass is 32.1. The number of hydrogen-bond donors (Lipinski definition) is 1. The summed E-state index contributed by atoms with van der Waals surface area (Å²) in [5, 5.41) is 10.8. The van der Waals surface area contributed by atoms with Gasteiger partial charge in [0.1, 0.15) is 11.9 Å². The van der Waals surface area contributed by atoms with Crippen molar-refractivity contribution in [2.45, 2.75) is 25.9 Å². The molecule has 4 nitrogen and oxygen atoms in total. The zero-order chi connectivity index (χ0) is 11.5. The molecule has 0 saturated carbocycles. The van der Waals surface area contributed by atoms with Crippen molar-refractivity contribution >= 4 is 17.3 Å². The van der Waals surface area contributed by atoms with E-state index in [9.17, 15) is 4.79 Å². The third-order valence-electron chi connectivity index (χ3n) is 2.57. The number of hydrogen-bond acceptors (Lipinski definition) is 4. The van der Waals surface area contributed by atoms with Gasteiger partial charge >= 0.3 is 5.97 Å². The van der Waals surface area contributed by atoms with Gasteiger partial charge in [-0.2, -0.15) is 0 Å². The smallest absolute Gasteiger partial charge is 0.349 e. The van der Waals surface area contributed by atoms with Gasteiger partial charge in [-0.15, -0.1) is 11.3 Å². The van der Waals surface area contributed by atoms with Crippen LogP contribution in [0.5, 0.6) is 5.75 Å². The highest BCUT2D eigenvalue weighted by Crippen LogP contribution is 2.32. The van der Waals surface area contributed by atoms with Gasteiger partial charge in [0.25, 0.3) is 0 Å². The number of rotatable bonds is 3. The van der Waals surface area contributed by atoms with E-state index in [2.05, 4.69) is 0 Å². The molecule has 0 radical (unpaired) electrons. The molecule has 0 atom stereocenters. The lowest BCUT2D eigenvalue weighted by molar-refractivity contribution is 0.0248. The van der Waals surface area contributed by atoms with Gasteiger partial charge in [0, 0.05) is 18.4 Å². The van der Waals surface area contributed by atoms with Crippen molar-refractivity contribution in [3.63, 3.8) is 0 Å². The normalized spacial score (nSPS) is 17.3. The van der Waals surface area contributed by atoms with E-state index in [4.69, 9.17) is 14.6 Å². The zero-order valence-corrected chi connectivity index (χ0v) is 9.88. The molecule has 0 spiro atoms. The molecule has 5 heteroatoms. The van der Waals surface area contributed by atoms with E-state index < -0.39 is 5.97 Å². The van der Waals surface area contributed by atoms with Crippen molar-refractivity contribution in [2.24, 2.45) is 0 Å². The third kappa shape index (κ3) is 2.36. The maximum absolute atomic E-state index is 11.0. The van der Waals surface area contributed by atoms with E-state index in [-0.39, 0.29) is 6.10 Å². The van der Waals surface area contributed by atoms with Gasteiger partial charge in [0.05, 0.1) is 13.2 Å². The van der Waals surface area contributed by atoms with Gasteiger partial charge in [-0.3, -0.25) is 0 Å². The van der Waals surface area contributed by atoms with Crippen LogP contribution < -0.4 is 4.74 Å². The van der Waals surface area contributed by atoms with Crippen LogP contribution in [0.25, 0.3) is 0 Å². The summed E-state index contributed by atoms with van der Waals surface area (Å²) in [6.07, 6.45) is 1.74. The molecule has 1 aromatic heterocycles. The fourth-order valence-corrected chi connectivity index (χ4v) is 2.51. The summed E-state index contributed by atoms with van der Waals surface area (Å²) in [7, 11) is 0. The van der Waals surface area contributed by atoms with E-state index in [1.807, 2.05) is 12.3 Å². The number of carbonyl (C=O) groups is 1. The number of aryl methyl sites for hydroxylation is 1. The topological polar surface area (TPSA) is 55.8 Å². The van der Waals surface area contributed by atoms with Crippen LogP contribution in [0.3, 0.4) is 0 Å². The van der Waals surface area contributed by atoms with E-state index in [1.54, 1.807) is 0 Å². The Morgan fingerprint density at radius 1 is 1.56 bits per heavy atom. The summed E-state index contributed by atoms with van der Waals surface area (Å²) in [5.74, 6) is -0.385. The molecule has 1 aliphatic heterocycles. The lowest BCUT2D eigenvalue weighted by Crippen LogP contribution is -2.26. The van der Waals surface area contributed by atoms with Crippen molar-refractivity contribution < 1.29 is 19.4 Å². The number of aromatic carboxylic acids is 1. The van der Waals surface area contributed by atoms with Gasteiger partial charge in [-0.05, 0) is 12.3 Å². The first-order valence-electron chi connectivity index (χ1n) is 5.24. The number of ether oxygens (including phenoxy) is 2. The SMILES string of the molecule is Cc1csc(C(=O)O)c1OC1CCOCC1. The van der Waals surface area contributed by atoms with Crippen LogP contribution in [0.1, 0.15) is 28.1 Å². The first kappa shape index (κ1) is 11.4. The molecule has 88 valence electrons. The molecular weight excluding hydrogens is 228 g/mol. The Morgan fingerprint density at radius 2 is 2.25 bits per heavy atom. The summed E-state index contributed by atoms with van der Waals surface area (Å²) in [4.78, 5) is 11.3. The van der Waals surface area contributed by atoms with Crippen molar-refractivity contribution in [3.05, 3.63) is 15.8 Å². The van der Waals surface area contributed by atoms with Crippen LogP contribution in [-0.4, -0.2) is 30.4 Å². The average molecular weight is 242 g/mol. The average Bonchev–Trinajstić information content (AvgIpc) is 2.62. The zero-order valence-electron chi connectivity index (χ0n) is 9.06. The Labute approximate surface area is 97.8 Å². The molecule has 0 unspecified atom stereocenters. The molecule has 0 aliphatic carbocycles. The van der Waals surface area contributed by atoms with Crippen molar-refractivity contribution in [1.29, 1.82) is 0 Å². The van der Waals surface area contributed by atoms with Crippen LogP contribution in [0.4, 0.5) is 0 Å². The Kier molecular flexibility index (Phi) is 3.46. The van der Waals surface area contributed by atoms with Gasteiger partial charge in [-0.25, -0.2) is 4.79 Å². The van der Waals surface area contributed by atoms with Crippen molar-refractivity contribution in [1.82, 2.24) is 0 Å². The highest BCUT2D eigenvalue weighted by Gasteiger charge is 2.22. The largest absolute Gasteiger partial charge is 0.488 e. The fraction of sp³-hybridized carbons (Fsp3) is 0.545. The Hall–Kier alpha value is -1.07. The molecule has 2 heterocycles. The molecule has 0 amide bonds. The lowest BCUT2D eigenvalue weighted by Gasteiger charge is -2.23. The summed E-state index contributed by atoms with van der Waals surface area (Å²) in [6.45, 7) is 3.25. The van der Waals surface area contributed by atoms with E-state index in [1.165, 1.54) is 11.3 Å². The minimum absolute atomic E-state index is 0.0835. The first-order chi connectivity index (χ1) is 7.68. The van der Waals surface area contributed by atoms with Gasteiger partial charge in [0.15, 0.2) is 4.88 Å². The Morgan fingerprint density at radius 3 is 2.88 bits per heavy atom. The molecule has 0 aromatic carbocycles. The molecule has 2 rings (SSSR count). The monoisotopic (exact) mass is 242 g/mol. The third-order valence-corrected chi connectivity index (χ3v) is 3.63. The fourth-order valence-electron chi connectivity index (χ4n) is 1.69. The quantitative estimate of drug-likeness (QED) is 0.883. The van der Waals surface area contributed by atoms with E-state index in [0.717, 1.165) is 18.4 Å².